The van der Waals surface area contributed by atoms with Crippen LogP contribution in [0, 0.1) is 11.8 Å². The second-order valence-corrected chi connectivity index (χ2v) is 8.25. The Morgan fingerprint density at radius 3 is 2.48 bits per heavy atom. The molecule has 2 aliphatic heterocycles. The number of rotatable bonds is 3. The number of ether oxygens (including phenoxy) is 2. The molecular formula is C19H23Cl2NO3. The van der Waals surface area contributed by atoms with E-state index < -0.39 is 5.79 Å². The highest BCUT2D eigenvalue weighted by Gasteiger charge is 2.48. The molecule has 0 radical (unpaired) electrons. The van der Waals surface area contributed by atoms with Crippen LogP contribution in [0.5, 0.6) is 0 Å². The number of carbonyl (C=O) groups is 1. The number of hydrogen-bond donors (Lipinski definition) is 0. The van der Waals surface area contributed by atoms with E-state index in [4.69, 9.17) is 32.7 Å². The highest BCUT2D eigenvalue weighted by Crippen LogP contribution is 2.50. The molecule has 0 bridgehead atoms. The van der Waals surface area contributed by atoms with Crippen molar-refractivity contribution >= 4 is 29.1 Å². The van der Waals surface area contributed by atoms with Gasteiger partial charge in [-0.05, 0) is 49.8 Å². The van der Waals surface area contributed by atoms with Crippen LogP contribution in [-0.2, 0) is 14.3 Å². The second-order valence-electron chi connectivity index (χ2n) is 7.43. The summed E-state index contributed by atoms with van der Waals surface area (Å²) in [6, 6.07) is 5.69. The third-order valence-electron chi connectivity index (χ3n) is 5.89. The van der Waals surface area contributed by atoms with Crippen molar-refractivity contribution in [1.29, 1.82) is 0 Å². The van der Waals surface area contributed by atoms with Gasteiger partial charge in [0.25, 0.3) is 0 Å². The lowest BCUT2D eigenvalue weighted by atomic mass is 9.89. The van der Waals surface area contributed by atoms with Crippen LogP contribution in [0.1, 0.15) is 37.7 Å². The molecule has 4 nitrogen and oxygen atoms in total. The summed E-state index contributed by atoms with van der Waals surface area (Å²) in [5.74, 6) is 0.538. The molecule has 0 N–H and O–H groups in total. The Labute approximate surface area is 158 Å². The average molecular weight is 384 g/mol. The minimum Gasteiger partial charge on any atom is -0.348 e. The van der Waals surface area contributed by atoms with E-state index in [0.29, 0.717) is 29.2 Å². The van der Waals surface area contributed by atoms with Crippen molar-refractivity contribution in [3.8, 4) is 0 Å². The molecular weight excluding hydrogens is 361 g/mol. The van der Waals surface area contributed by atoms with Crippen molar-refractivity contribution in [1.82, 2.24) is 4.90 Å². The van der Waals surface area contributed by atoms with E-state index in [9.17, 15) is 4.79 Å². The van der Waals surface area contributed by atoms with Gasteiger partial charge in [0, 0.05) is 24.9 Å². The molecule has 1 amide bonds. The van der Waals surface area contributed by atoms with Crippen LogP contribution in [0.15, 0.2) is 18.2 Å². The highest BCUT2D eigenvalue weighted by atomic mass is 35.5. The maximum atomic E-state index is 12.8. The average Bonchev–Trinajstić information content (AvgIpc) is 3.30. The molecule has 1 saturated carbocycles. The highest BCUT2D eigenvalue weighted by molar-refractivity contribution is 6.42. The summed E-state index contributed by atoms with van der Waals surface area (Å²) in [5.41, 5.74) is 1.11. The molecule has 2 atom stereocenters. The van der Waals surface area contributed by atoms with E-state index in [2.05, 4.69) is 0 Å². The second kappa shape index (κ2) is 6.73. The molecule has 2 saturated heterocycles. The first-order valence-electron chi connectivity index (χ1n) is 8.99. The summed E-state index contributed by atoms with van der Waals surface area (Å²) in [6.07, 6.45) is 2.78. The van der Waals surface area contributed by atoms with Gasteiger partial charge in [0.15, 0.2) is 5.79 Å². The molecule has 25 heavy (non-hydrogen) atoms. The van der Waals surface area contributed by atoms with Crippen LogP contribution < -0.4 is 0 Å². The smallest absolute Gasteiger partial charge is 0.226 e. The Hall–Kier alpha value is -0.810. The lowest BCUT2D eigenvalue weighted by molar-refractivity contribution is -0.191. The maximum Gasteiger partial charge on any atom is 0.226 e. The summed E-state index contributed by atoms with van der Waals surface area (Å²) in [7, 11) is 0. The Bertz CT molecular complexity index is 667. The van der Waals surface area contributed by atoms with Gasteiger partial charge in [-0.15, -0.1) is 0 Å². The number of carbonyl (C=O) groups excluding carboxylic acids is 1. The van der Waals surface area contributed by atoms with Gasteiger partial charge in [0.1, 0.15) is 0 Å². The van der Waals surface area contributed by atoms with Crippen LogP contribution in [0.25, 0.3) is 0 Å². The quantitative estimate of drug-likeness (QED) is 0.788. The molecule has 0 aromatic heterocycles. The standard InChI is InChI=1S/C19H23Cl2NO3/c1-19(24-8-9-25-19)13-4-6-22(7-5-13)18(23)15-11-14(15)12-2-3-16(20)17(21)10-12/h2-3,10,13-15H,4-9,11H2,1H3/t14-,15-/m1/s1. The Morgan fingerprint density at radius 2 is 1.84 bits per heavy atom. The van der Waals surface area contributed by atoms with Gasteiger partial charge >= 0.3 is 0 Å². The zero-order valence-electron chi connectivity index (χ0n) is 14.3. The summed E-state index contributed by atoms with van der Waals surface area (Å²) < 4.78 is 11.6. The molecule has 1 aromatic rings. The largest absolute Gasteiger partial charge is 0.348 e. The van der Waals surface area contributed by atoms with Crippen molar-refractivity contribution in [3.05, 3.63) is 33.8 Å². The molecule has 136 valence electrons. The normalized spacial score (nSPS) is 29.0. The summed E-state index contributed by atoms with van der Waals surface area (Å²) >= 11 is 12.1. The van der Waals surface area contributed by atoms with Crippen LogP contribution >= 0.6 is 23.2 Å². The first-order chi connectivity index (χ1) is 12.0. The van der Waals surface area contributed by atoms with Crippen LogP contribution in [-0.4, -0.2) is 42.9 Å². The van der Waals surface area contributed by atoms with Crippen LogP contribution in [0.3, 0.4) is 0 Å². The lowest BCUT2D eigenvalue weighted by Crippen LogP contribution is -2.46. The number of hydrogen-bond acceptors (Lipinski definition) is 3. The van der Waals surface area contributed by atoms with Crippen LogP contribution in [0.2, 0.25) is 10.0 Å². The minimum atomic E-state index is -0.461. The van der Waals surface area contributed by atoms with Gasteiger partial charge in [-0.3, -0.25) is 4.79 Å². The van der Waals surface area contributed by atoms with Crippen molar-refractivity contribution in [2.24, 2.45) is 11.8 Å². The Morgan fingerprint density at radius 1 is 1.16 bits per heavy atom. The van der Waals surface area contributed by atoms with Crippen LogP contribution in [0.4, 0.5) is 0 Å². The Kier molecular flexibility index (Phi) is 4.74. The molecule has 1 aliphatic carbocycles. The number of likely N-dealkylation sites (tertiary alicyclic amines) is 1. The fourth-order valence-electron chi connectivity index (χ4n) is 4.20. The fourth-order valence-corrected chi connectivity index (χ4v) is 4.51. The van der Waals surface area contributed by atoms with Crippen molar-refractivity contribution in [2.45, 2.75) is 37.9 Å². The first-order valence-corrected chi connectivity index (χ1v) is 9.75. The third kappa shape index (κ3) is 3.42. The zero-order chi connectivity index (χ0) is 17.6. The maximum absolute atomic E-state index is 12.8. The summed E-state index contributed by atoms with van der Waals surface area (Å²) in [6.45, 7) is 4.95. The van der Waals surface area contributed by atoms with E-state index in [1.807, 2.05) is 30.0 Å². The van der Waals surface area contributed by atoms with E-state index in [1.165, 1.54) is 0 Å². The van der Waals surface area contributed by atoms with E-state index in [-0.39, 0.29) is 17.7 Å². The van der Waals surface area contributed by atoms with Gasteiger partial charge in [-0.2, -0.15) is 0 Å². The van der Waals surface area contributed by atoms with Gasteiger partial charge < -0.3 is 14.4 Å². The lowest BCUT2D eigenvalue weighted by Gasteiger charge is -2.39. The summed E-state index contributed by atoms with van der Waals surface area (Å²) in [4.78, 5) is 14.8. The number of halogens is 2. The molecule has 2 heterocycles. The predicted molar refractivity (Wildman–Crippen MR) is 96.9 cm³/mol. The van der Waals surface area contributed by atoms with Crippen molar-refractivity contribution in [2.75, 3.05) is 26.3 Å². The number of piperidine rings is 1. The third-order valence-corrected chi connectivity index (χ3v) is 6.63. The molecule has 0 unspecified atom stereocenters. The molecule has 4 rings (SSSR count). The van der Waals surface area contributed by atoms with Gasteiger partial charge in [0.2, 0.25) is 5.91 Å². The van der Waals surface area contributed by atoms with E-state index in [0.717, 1.165) is 37.9 Å². The number of nitrogens with zero attached hydrogens (tertiary/aromatic N) is 1. The molecule has 6 heteroatoms. The van der Waals surface area contributed by atoms with Gasteiger partial charge in [-0.25, -0.2) is 0 Å². The van der Waals surface area contributed by atoms with E-state index in [1.54, 1.807) is 0 Å². The molecule has 3 fully saturated rings. The molecule has 0 spiro atoms. The topological polar surface area (TPSA) is 38.8 Å². The fraction of sp³-hybridized carbons (Fsp3) is 0.632. The van der Waals surface area contributed by atoms with Gasteiger partial charge in [0.05, 0.1) is 23.3 Å². The monoisotopic (exact) mass is 383 g/mol. The van der Waals surface area contributed by atoms with Crippen molar-refractivity contribution < 1.29 is 14.3 Å². The van der Waals surface area contributed by atoms with Gasteiger partial charge in [-0.1, -0.05) is 29.3 Å². The SMILES string of the molecule is CC1(C2CCN(C(=O)[C@@H]3C[C@@H]3c3ccc(Cl)c(Cl)c3)CC2)OCCO1. The summed E-state index contributed by atoms with van der Waals surface area (Å²) in [5, 5.41) is 1.11. The van der Waals surface area contributed by atoms with Crippen molar-refractivity contribution in [3.63, 3.8) is 0 Å². The zero-order valence-corrected chi connectivity index (χ0v) is 15.9. The van der Waals surface area contributed by atoms with E-state index >= 15 is 0 Å². The molecule has 1 aromatic carbocycles. The number of benzene rings is 1. The molecule has 3 aliphatic rings. The number of amides is 1. The minimum absolute atomic E-state index is 0.0864. The predicted octanol–water partition coefficient (Wildman–Crippen LogP) is 4.10. The first kappa shape index (κ1) is 17.6. The Balaban J connectivity index is 1.33.